The van der Waals surface area contributed by atoms with Gasteiger partial charge >= 0.3 is 0 Å². The summed E-state index contributed by atoms with van der Waals surface area (Å²) < 4.78 is 5.13. The van der Waals surface area contributed by atoms with E-state index in [4.69, 9.17) is 9.84 Å². The zero-order valence-corrected chi connectivity index (χ0v) is 8.02. The zero-order chi connectivity index (χ0) is 10.0. The van der Waals surface area contributed by atoms with Crippen LogP contribution in [0.2, 0.25) is 0 Å². The van der Waals surface area contributed by atoms with Crippen molar-refractivity contribution in [2.24, 2.45) is 0 Å². The quantitative estimate of drug-likeness (QED) is 0.428. The van der Waals surface area contributed by atoms with Crippen molar-refractivity contribution in [1.82, 2.24) is 0 Å². The lowest BCUT2D eigenvalue weighted by Gasteiger charge is -2.39. The van der Waals surface area contributed by atoms with E-state index in [0.717, 1.165) is 0 Å². The van der Waals surface area contributed by atoms with Crippen LogP contribution in [-0.4, -0.2) is 63.1 Å². The minimum atomic E-state index is -1.26. The SMILES string of the molecule is CSC1OC(CO)C(O)[C@H](O)[C@H]1O. The fourth-order valence-electron chi connectivity index (χ4n) is 1.26. The highest BCUT2D eigenvalue weighted by Crippen LogP contribution is 2.26. The predicted molar refractivity (Wildman–Crippen MR) is 47.3 cm³/mol. The van der Waals surface area contributed by atoms with E-state index in [9.17, 15) is 15.3 Å². The Morgan fingerprint density at radius 3 is 2.23 bits per heavy atom. The van der Waals surface area contributed by atoms with Crippen molar-refractivity contribution in [3.05, 3.63) is 0 Å². The number of hydrogen-bond acceptors (Lipinski definition) is 6. The van der Waals surface area contributed by atoms with Gasteiger partial charge in [0.1, 0.15) is 29.9 Å². The number of rotatable bonds is 2. The van der Waals surface area contributed by atoms with Crippen molar-refractivity contribution in [1.29, 1.82) is 0 Å². The standard InChI is InChI=1S/C7H14O5S/c1-13-7-6(11)5(10)4(9)3(2-8)12-7/h3-11H,2H2,1H3/t3?,4?,5-,6+,7?/m0/s1. The summed E-state index contributed by atoms with van der Waals surface area (Å²) in [5.74, 6) is 0. The number of ether oxygens (including phenoxy) is 1. The first-order valence-electron chi connectivity index (χ1n) is 3.95. The maximum atomic E-state index is 9.38. The van der Waals surface area contributed by atoms with E-state index >= 15 is 0 Å². The van der Waals surface area contributed by atoms with Crippen LogP contribution in [-0.2, 0) is 4.74 Å². The smallest absolute Gasteiger partial charge is 0.132 e. The van der Waals surface area contributed by atoms with Gasteiger partial charge in [-0.3, -0.25) is 0 Å². The molecule has 1 aliphatic heterocycles. The first-order valence-corrected chi connectivity index (χ1v) is 5.24. The van der Waals surface area contributed by atoms with E-state index in [1.54, 1.807) is 6.26 Å². The number of aliphatic hydroxyl groups is 4. The Balaban J connectivity index is 2.66. The Morgan fingerprint density at radius 1 is 1.15 bits per heavy atom. The largest absolute Gasteiger partial charge is 0.394 e. The molecule has 5 atom stereocenters. The van der Waals surface area contributed by atoms with E-state index in [2.05, 4.69) is 0 Å². The van der Waals surface area contributed by atoms with E-state index in [-0.39, 0.29) is 6.61 Å². The predicted octanol–water partition coefficient (Wildman–Crippen LogP) is -1.85. The Labute approximate surface area is 80.3 Å². The van der Waals surface area contributed by atoms with Gasteiger partial charge in [-0.2, -0.15) is 0 Å². The van der Waals surface area contributed by atoms with Crippen LogP contribution in [0, 0.1) is 0 Å². The van der Waals surface area contributed by atoms with Crippen molar-refractivity contribution in [3.63, 3.8) is 0 Å². The Hall–Kier alpha value is 0.150. The molecule has 0 aliphatic carbocycles. The second kappa shape index (κ2) is 4.59. The molecule has 3 unspecified atom stereocenters. The molecule has 0 aromatic carbocycles. The van der Waals surface area contributed by atoms with Gasteiger partial charge in [-0.15, -0.1) is 11.8 Å². The second-order valence-corrected chi connectivity index (χ2v) is 3.87. The van der Waals surface area contributed by atoms with Crippen LogP contribution in [0.4, 0.5) is 0 Å². The Bertz CT molecular complexity index is 147. The highest BCUT2D eigenvalue weighted by atomic mass is 32.2. The topological polar surface area (TPSA) is 90.2 Å². The van der Waals surface area contributed by atoms with E-state index in [0.29, 0.717) is 0 Å². The Kier molecular flexibility index (Phi) is 3.96. The highest BCUT2D eigenvalue weighted by Gasteiger charge is 2.42. The van der Waals surface area contributed by atoms with Gasteiger partial charge in [-0.25, -0.2) is 0 Å². The van der Waals surface area contributed by atoms with Crippen molar-refractivity contribution in [3.8, 4) is 0 Å². The van der Waals surface area contributed by atoms with Crippen LogP contribution in [0.25, 0.3) is 0 Å². The van der Waals surface area contributed by atoms with Crippen molar-refractivity contribution in [2.75, 3.05) is 12.9 Å². The molecule has 1 saturated heterocycles. The molecule has 0 spiro atoms. The molecule has 1 fully saturated rings. The maximum absolute atomic E-state index is 9.38. The molecule has 5 nitrogen and oxygen atoms in total. The van der Waals surface area contributed by atoms with Gasteiger partial charge < -0.3 is 25.2 Å². The van der Waals surface area contributed by atoms with Crippen LogP contribution < -0.4 is 0 Å². The van der Waals surface area contributed by atoms with Gasteiger partial charge in [-0.05, 0) is 6.26 Å². The van der Waals surface area contributed by atoms with Crippen LogP contribution >= 0.6 is 11.8 Å². The summed E-state index contributed by atoms with van der Waals surface area (Å²) in [5, 5.41) is 36.8. The molecule has 13 heavy (non-hydrogen) atoms. The second-order valence-electron chi connectivity index (χ2n) is 2.93. The fraction of sp³-hybridized carbons (Fsp3) is 1.00. The molecule has 0 aromatic heterocycles. The zero-order valence-electron chi connectivity index (χ0n) is 7.20. The molecule has 0 aromatic rings. The molecule has 0 saturated carbocycles. The summed E-state index contributed by atoms with van der Waals surface area (Å²) in [5.41, 5.74) is -0.601. The number of aliphatic hydroxyl groups excluding tert-OH is 4. The lowest BCUT2D eigenvalue weighted by atomic mass is 10.0. The summed E-state index contributed by atoms with van der Waals surface area (Å²) in [6.45, 7) is -0.373. The highest BCUT2D eigenvalue weighted by molar-refractivity contribution is 7.99. The maximum Gasteiger partial charge on any atom is 0.132 e. The molecular weight excluding hydrogens is 196 g/mol. The third kappa shape index (κ3) is 2.15. The normalized spacial score (nSPS) is 46.4. The third-order valence-electron chi connectivity index (χ3n) is 2.08. The summed E-state index contributed by atoms with van der Waals surface area (Å²) >= 11 is 1.22. The third-order valence-corrected chi connectivity index (χ3v) is 2.94. The summed E-state index contributed by atoms with van der Waals surface area (Å²) in [7, 11) is 0. The minimum absolute atomic E-state index is 0.373. The van der Waals surface area contributed by atoms with Crippen molar-refractivity contribution >= 4 is 11.8 Å². The molecule has 0 bridgehead atoms. The van der Waals surface area contributed by atoms with Crippen LogP contribution in [0.1, 0.15) is 0 Å². The van der Waals surface area contributed by atoms with E-state index < -0.39 is 29.9 Å². The molecule has 4 N–H and O–H groups in total. The van der Waals surface area contributed by atoms with Gasteiger partial charge in [0, 0.05) is 0 Å². The summed E-state index contributed by atoms with van der Waals surface area (Å²) in [4.78, 5) is 0. The lowest BCUT2D eigenvalue weighted by Crippen LogP contribution is -2.57. The molecule has 1 heterocycles. The van der Waals surface area contributed by atoms with E-state index in [1.165, 1.54) is 11.8 Å². The summed E-state index contributed by atoms with van der Waals surface area (Å²) in [6, 6.07) is 0. The van der Waals surface area contributed by atoms with Crippen molar-refractivity contribution < 1.29 is 25.2 Å². The first kappa shape index (κ1) is 11.2. The molecule has 0 amide bonds. The number of thioether (sulfide) groups is 1. The lowest BCUT2D eigenvalue weighted by molar-refractivity contribution is -0.205. The minimum Gasteiger partial charge on any atom is -0.394 e. The molecule has 6 heteroatoms. The Morgan fingerprint density at radius 2 is 1.77 bits per heavy atom. The molecule has 0 radical (unpaired) electrons. The number of hydrogen-bond donors (Lipinski definition) is 4. The summed E-state index contributed by atoms with van der Waals surface area (Å²) in [6.07, 6.45) is -2.72. The average molecular weight is 210 g/mol. The van der Waals surface area contributed by atoms with Gasteiger partial charge in [0.25, 0.3) is 0 Å². The van der Waals surface area contributed by atoms with Gasteiger partial charge in [0.2, 0.25) is 0 Å². The van der Waals surface area contributed by atoms with Crippen LogP contribution in [0.5, 0.6) is 0 Å². The fourth-order valence-corrected chi connectivity index (χ4v) is 1.96. The van der Waals surface area contributed by atoms with E-state index in [1.807, 2.05) is 0 Å². The van der Waals surface area contributed by atoms with Crippen LogP contribution in [0.3, 0.4) is 0 Å². The molecule has 1 aliphatic rings. The molecule has 78 valence electrons. The monoisotopic (exact) mass is 210 g/mol. The van der Waals surface area contributed by atoms with Crippen molar-refractivity contribution in [2.45, 2.75) is 29.9 Å². The van der Waals surface area contributed by atoms with Gasteiger partial charge in [0.05, 0.1) is 6.61 Å². The molecular formula is C7H14O5S. The molecule has 1 rings (SSSR count). The van der Waals surface area contributed by atoms with Gasteiger partial charge in [-0.1, -0.05) is 0 Å². The average Bonchev–Trinajstić information content (AvgIpc) is 2.15. The van der Waals surface area contributed by atoms with Gasteiger partial charge in [0.15, 0.2) is 0 Å². The van der Waals surface area contributed by atoms with Crippen LogP contribution in [0.15, 0.2) is 0 Å². The first-order chi connectivity index (χ1) is 6.11.